The van der Waals surface area contributed by atoms with Crippen LogP contribution in [0.2, 0.25) is 0 Å². The normalized spacial score (nSPS) is 38.2. The molecule has 3 N–H and O–H groups in total. The molecule has 0 spiro atoms. The van der Waals surface area contributed by atoms with Crippen LogP contribution >= 0.6 is 0 Å². The number of cyclic esters (lactones) is 1. The Morgan fingerprint density at radius 2 is 1.97 bits per heavy atom. The topological polar surface area (TPSA) is 113 Å². The maximum Gasteiger partial charge on any atom is 0.331 e. The van der Waals surface area contributed by atoms with E-state index in [4.69, 9.17) is 9.47 Å². The van der Waals surface area contributed by atoms with E-state index in [0.717, 1.165) is 12.0 Å². The molecule has 3 rings (SSSR count). The first-order valence-corrected chi connectivity index (χ1v) is 12.9. The molecule has 0 aromatic heterocycles. The number of rotatable bonds is 8. The van der Waals surface area contributed by atoms with Crippen molar-refractivity contribution in [3.8, 4) is 0 Å². The van der Waals surface area contributed by atoms with Gasteiger partial charge in [-0.2, -0.15) is 0 Å². The van der Waals surface area contributed by atoms with Gasteiger partial charge in [0.05, 0.1) is 23.2 Å². The predicted octanol–water partition coefficient (Wildman–Crippen LogP) is 3.53. The smallest absolute Gasteiger partial charge is 0.331 e. The Kier molecular flexibility index (Phi) is 7.91. The van der Waals surface area contributed by atoms with Gasteiger partial charge in [-0.05, 0) is 67.8 Å². The van der Waals surface area contributed by atoms with E-state index < -0.39 is 41.2 Å². The summed E-state index contributed by atoms with van der Waals surface area (Å²) >= 11 is 0. The molecule has 2 aliphatic carbocycles. The van der Waals surface area contributed by atoms with Crippen LogP contribution in [0.4, 0.5) is 0 Å². The first-order valence-electron chi connectivity index (χ1n) is 12.9. The van der Waals surface area contributed by atoms with Crippen molar-refractivity contribution in [2.75, 3.05) is 6.61 Å². The fourth-order valence-corrected chi connectivity index (χ4v) is 7.38. The first-order chi connectivity index (χ1) is 15.8. The Bertz CT molecular complexity index is 803. The lowest BCUT2D eigenvalue weighted by Crippen LogP contribution is -2.76. The first kappa shape index (κ1) is 27.2. The zero-order valence-corrected chi connectivity index (χ0v) is 21.7. The van der Waals surface area contributed by atoms with Crippen molar-refractivity contribution in [2.45, 2.75) is 110 Å². The lowest BCUT2D eigenvalue weighted by molar-refractivity contribution is -0.318. The zero-order chi connectivity index (χ0) is 25.5. The third-order valence-corrected chi connectivity index (χ3v) is 8.93. The van der Waals surface area contributed by atoms with Gasteiger partial charge in [0.15, 0.2) is 0 Å². The summed E-state index contributed by atoms with van der Waals surface area (Å²) in [7, 11) is 0. The quantitative estimate of drug-likeness (QED) is 0.456. The summed E-state index contributed by atoms with van der Waals surface area (Å²) in [6.45, 7) is 11.9. The highest BCUT2D eigenvalue weighted by Crippen LogP contribution is 2.66. The molecule has 2 fully saturated rings. The summed E-state index contributed by atoms with van der Waals surface area (Å²) in [4.78, 5) is 23.7. The van der Waals surface area contributed by atoms with E-state index >= 15 is 0 Å². The second-order valence-electron chi connectivity index (χ2n) is 12.1. The van der Waals surface area contributed by atoms with Gasteiger partial charge in [-0.1, -0.05) is 34.6 Å². The molecule has 0 aromatic rings. The summed E-state index contributed by atoms with van der Waals surface area (Å²) < 4.78 is 10.9. The van der Waals surface area contributed by atoms with E-state index in [9.17, 15) is 24.9 Å². The molecule has 0 amide bonds. The number of aliphatic hydroxyl groups excluding tert-OH is 2. The minimum absolute atomic E-state index is 0.208. The molecular weight excluding hydrogens is 436 g/mol. The van der Waals surface area contributed by atoms with Crippen molar-refractivity contribution >= 4 is 11.9 Å². The third-order valence-electron chi connectivity index (χ3n) is 8.93. The summed E-state index contributed by atoms with van der Waals surface area (Å²) in [5.74, 6) is -1.19. The fourth-order valence-electron chi connectivity index (χ4n) is 7.38. The molecule has 7 unspecified atom stereocenters. The largest absolute Gasteiger partial charge is 0.462 e. The number of carbonyl (C=O) groups is 2. The summed E-state index contributed by atoms with van der Waals surface area (Å²) in [5.41, 5.74) is -2.27. The van der Waals surface area contributed by atoms with E-state index in [1.54, 1.807) is 0 Å². The van der Waals surface area contributed by atoms with Crippen molar-refractivity contribution in [1.29, 1.82) is 0 Å². The minimum Gasteiger partial charge on any atom is -0.462 e. The molecule has 0 aromatic carbocycles. The van der Waals surface area contributed by atoms with Crippen molar-refractivity contribution in [1.82, 2.24) is 0 Å². The molecule has 34 heavy (non-hydrogen) atoms. The second-order valence-corrected chi connectivity index (χ2v) is 12.1. The van der Waals surface area contributed by atoms with Gasteiger partial charge in [0.1, 0.15) is 12.7 Å². The van der Waals surface area contributed by atoms with E-state index in [2.05, 4.69) is 27.7 Å². The average Bonchev–Trinajstić information content (AvgIpc) is 3.15. The van der Waals surface area contributed by atoms with Crippen LogP contribution in [-0.2, 0) is 19.1 Å². The van der Waals surface area contributed by atoms with Crippen molar-refractivity contribution in [2.24, 2.45) is 28.6 Å². The van der Waals surface area contributed by atoms with Crippen LogP contribution in [0.15, 0.2) is 11.6 Å². The van der Waals surface area contributed by atoms with Crippen LogP contribution in [0, 0.1) is 28.6 Å². The van der Waals surface area contributed by atoms with Crippen LogP contribution in [0.25, 0.3) is 0 Å². The van der Waals surface area contributed by atoms with Gasteiger partial charge in [0, 0.05) is 18.9 Å². The lowest BCUT2D eigenvalue weighted by atomic mass is 9.39. The van der Waals surface area contributed by atoms with Crippen LogP contribution in [0.1, 0.15) is 86.5 Å². The van der Waals surface area contributed by atoms with Gasteiger partial charge in [0.2, 0.25) is 0 Å². The predicted molar refractivity (Wildman–Crippen MR) is 128 cm³/mol. The lowest BCUT2D eigenvalue weighted by Gasteiger charge is -2.68. The highest BCUT2D eigenvalue weighted by molar-refractivity contribution is 5.85. The van der Waals surface area contributed by atoms with Gasteiger partial charge in [-0.3, -0.25) is 4.79 Å². The number of hydrogen-bond acceptors (Lipinski definition) is 7. The monoisotopic (exact) mass is 480 g/mol. The number of esters is 2. The summed E-state index contributed by atoms with van der Waals surface area (Å²) in [6, 6.07) is 0. The molecule has 0 bridgehead atoms. The van der Waals surface area contributed by atoms with Crippen molar-refractivity contribution in [3.63, 3.8) is 0 Å². The molecule has 0 radical (unpaired) electrons. The molecule has 194 valence electrons. The molecule has 7 atom stereocenters. The number of hydrogen-bond donors (Lipinski definition) is 3. The highest BCUT2D eigenvalue weighted by Gasteiger charge is 2.72. The van der Waals surface area contributed by atoms with Crippen LogP contribution < -0.4 is 0 Å². The second kappa shape index (κ2) is 9.90. The van der Waals surface area contributed by atoms with Crippen LogP contribution in [0.3, 0.4) is 0 Å². The maximum atomic E-state index is 12.6. The highest BCUT2D eigenvalue weighted by atomic mass is 16.5. The SMILES string of the molecule is CC(=O)OC1CC(C)C(O)(CCC2=CC(=O)OC2)C2(C(O)CCC(C)C)C(O)CCC(C)(C)C12. The van der Waals surface area contributed by atoms with Crippen molar-refractivity contribution < 1.29 is 34.4 Å². The number of carbonyl (C=O) groups excluding carboxylic acids is 2. The summed E-state index contributed by atoms with van der Waals surface area (Å²) in [6.07, 6.45) is 2.54. The molecule has 1 aliphatic heterocycles. The minimum atomic E-state index is -1.42. The Balaban J connectivity index is 2.14. The van der Waals surface area contributed by atoms with Gasteiger partial charge < -0.3 is 24.8 Å². The molecular formula is C27H44O7. The zero-order valence-electron chi connectivity index (χ0n) is 21.7. The average molecular weight is 481 g/mol. The molecule has 7 heteroatoms. The Morgan fingerprint density at radius 1 is 1.29 bits per heavy atom. The molecule has 7 nitrogen and oxygen atoms in total. The van der Waals surface area contributed by atoms with E-state index in [1.807, 2.05) is 6.92 Å². The standard InChI is InChI=1S/C27H44O7/c1-16(2)7-8-21(29)27-22(30)10-11-25(5,6)24(27)20(34-18(4)28)13-17(3)26(27,32)12-9-19-14-23(31)33-15-19/h14,16-17,20-22,24,29-30,32H,7-13,15H2,1-6H3. The van der Waals surface area contributed by atoms with Gasteiger partial charge >= 0.3 is 11.9 Å². The Labute approximate surface area is 203 Å². The third kappa shape index (κ3) is 4.68. The number of fused-ring (bicyclic) bond motifs is 1. The molecule has 1 heterocycles. The fraction of sp³-hybridized carbons (Fsp3) is 0.852. The van der Waals surface area contributed by atoms with Gasteiger partial charge in [0.25, 0.3) is 0 Å². The van der Waals surface area contributed by atoms with Gasteiger partial charge in [-0.25, -0.2) is 4.79 Å². The van der Waals surface area contributed by atoms with E-state index in [-0.39, 0.29) is 30.3 Å². The van der Waals surface area contributed by atoms with E-state index in [0.29, 0.717) is 38.0 Å². The van der Waals surface area contributed by atoms with E-state index in [1.165, 1.54) is 13.0 Å². The molecule has 3 aliphatic rings. The summed E-state index contributed by atoms with van der Waals surface area (Å²) in [5, 5.41) is 36.2. The van der Waals surface area contributed by atoms with Crippen LogP contribution in [-0.4, -0.2) is 57.8 Å². The van der Waals surface area contributed by atoms with Gasteiger partial charge in [-0.15, -0.1) is 0 Å². The maximum absolute atomic E-state index is 12.6. The molecule has 0 saturated heterocycles. The van der Waals surface area contributed by atoms with Crippen molar-refractivity contribution in [3.05, 3.63) is 11.6 Å². The van der Waals surface area contributed by atoms with Crippen LogP contribution in [0.5, 0.6) is 0 Å². The Morgan fingerprint density at radius 3 is 2.53 bits per heavy atom. The Hall–Kier alpha value is -1.44. The molecule has 2 saturated carbocycles. The number of ether oxygens (including phenoxy) is 2. The number of aliphatic hydroxyl groups is 3.